The fourth-order valence-corrected chi connectivity index (χ4v) is 1.81. The highest BCUT2D eigenvalue weighted by molar-refractivity contribution is 5.85. The van der Waals surface area contributed by atoms with Crippen LogP contribution in [0.15, 0.2) is 48.5 Å². The highest BCUT2D eigenvalue weighted by Crippen LogP contribution is 2.13. The third-order valence-corrected chi connectivity index (χ3v) is 3.17. The van der Waals surface area contributed by atoms with Crippen LogP contribution in [0.1, 0.15) is 12.5 Å². The Morgan fingerprint density at radius 1 is 1.08 bits per heavy atom. The van der Waals surface area contributed by atoms with E-state index in [1.165, 1.54) is 31.2 Å². The van der Waals surface area contributed by atoms with Gasteiger partial charge in [0.15, 0.2) is 12.7 Å². The first-order chi connectivity index (χ1) is 12.5. The smallest absolute Gasteiger partial charge is 0.279 e. The first-order valence-corrected chi connectivity index (χ1v) is 7.62. The van der Waals surface area contributed by atoms with Crippen molar-refractivity contribution in [3.63, 3.8) is 0 Å². The number of nitrogens with one attached hydrogen (secondary N) is 2. The van der Waals surface area contributed by atoms with Gasteiger partial charge in [0, 0.05) is 0 Å². The lowest BCUT2D eigenvalue weighted by molar-refractivity contribution is -0.133. The Morgan fingerprint density at radius 3 is 2.31 bits per heavy atom. The molecule has 0 aliphatic heterocycles. The summed E-state index contributed by atoms with van der Waals surface area (Å²) in [6.45, 7) is 1.16. The molecule has 0 bridgehead atoms. The third-order valence-electron chi connectivity index (χ3n) is 3.17. The average molecular weight is 357 g/mol. The van der Waals surface area contributed by atoms with Crippen LogP contribution in [0, 0.1) is 17.1 Å². The molecule has 0 aliphatic carbocycles. The van der Waals surface area contributed by atoms with Crippen molar-refractivity contribution >= 4 is 11.8 Å². The Balaban J connectivity index is 1.72. The van der Waals surface area contributed by atoms with Crippen molar-refractivity contribution in [2.45, 2.75) is 13.0 Å². The maximum Gasteiger partial charge on any atom is 0.279 e. The average Bonchev–Trinajstić information content (AvgIpc) is 2.66. The molecule has 0 fully saturated rings. The second-order valence-corrected chi connectivity index (χ2v) is 5.18. The monoisotopic (exact) mass is 357 g/mol. The molecule has 2 aromatic carbocycles. The Kier molecular flexibility index (Phi) is 6.51. The summed E-state index contributed by atoms with van der Waals surface area (Å²) in [5.74, 6) is -0.829. The van der Waals surface area contributed by atoms with Crippen molar-refractivity contribution < 1.29 is 23.5 Å². The van der Waals surface area contributed by atoms with Gasteiger partial charge in [0.2, 0.25) is 0 Å². The van der Waals surface area contributed by atoms with Gasteiger partial charge in [-0.15, -0.1) is 0 Å². The van der Waals surface area contributed by atoms with Crippen LogP contribution in [-0.4, -0.2) is 24.5 Å². The van der Waals surface area contributed by atoms with E-state index in [1.54, 1.807) is 24.3 Å². The first-order valence-electron chi connectivity index (χ1n) is 7.62. The van der Waals surface area contributed by atoms with Crippen molar-refractivity contribution in [1.29, 1.82) is 5.26 Å². The minimum atomic E-state index is -0.903. The standard InChI is InChI=1S/C18H16FN3O4/c1-12(26-16-8-4-14(19)5-9-16)18(24)22-21-17(23)11-25-15-6-2-13(10-20)3-7-15/h2-9,12H,11H2,1H3,(H,21,23)(H,22,24). The van der Waals surface area contributed by atoms with Crippen molar-refractivity contribution in [3.05, 3.63) is 59.9 Å². The zero-order valence-electron chi connectivity index (χ0n) is 13.9. The minimum absolute atomic E-state index is 0.320. The fraction of sp³-hybridized carbons (Fsp3) is 0.167. The van der Waals surface area contributed by atoms with E-state index >= 15 is 0 Å². The normalized spacial score (nSPS) is 11.0. The van der Waals surface area contributed by atoms with E-state index in [9.17, 15) is 14.0 Å². The number of amides is 2. The number of ether oxygens (including phenoxy) is 2. The number of hydrazine groups is 1. The second kappa shape index (κ2) is 9.03. The molecular weight excluding hydrogens is 341 g/mol. The number of nitriles is 1. The Morgan fingerprint density at radius 2 is 1.69 bits per heavy atom. The van der Waals surface area contributed by atoms with Gasteiger partial charge in [0.05, 0.1) is 11.6 Å². The number of hydrogen-bond donors (Lipinski definition) is 2. The molecule has 0 saturated heterocycles. The topological polar surface area (TPSA) is 100 Å². The van der Waals surface area contributed by atoms with Crippen LogP contribution in [0.2, 0.25) is 0 Å². The zero-order chi connectivity index (χ0) is 18.9. The van der Waals surface area contributed by atoms with Crippen molar-refractivity contribution in [3.8, 4) is 17.6 Å². The van der Waals surface area contributed by atoms with Gasteiger partial charge < -0.3 is 9.47 Å². The van der Waals surface area contributed by atoms with Crippen LogP contribution >= 0.6 is 0 Å². The predicted octanol–water partition coefficient (Wildman–Crippen LogP) is 1.69. The molecule has 2 N–H and O–H groups in total. The van der Waals surface area contributed by atoms with Crippen LogP contribution in [0.3, 0.4) is 0 Å². The van der Waals surface area contributed by atoms with E-state index in [4.69, 9.17) is 14.7 Å². The molecule has 0 aliphatic rings. The molecule has 0 aromatic heterocycles. The third kappa shape index (κ3) is 5.79. The van der Waals surface area contributed by atoms with E-state index in [-0.39, 0.29) is 6.61 Å². The van der Waals surface area contributed by atoms with Crippen molar-refractivity contribution in [1.82, 2.24) is 10.9 Å². The van der Waals surface area contributed by atoms with Gasteiger partial charge in [-0.05, 0) is 55.5 Å². The van der Waals surface area contributed by atoms with Crippen molar-refractivity contribution in [2.24, 2.45) is 0 Å². The Bertz CT molecular complexity index is 801. The molecular formula is C18H16FN3O4. The van der Waals surface area contributed by atoms with Gasteiger partial charge in [-0.3, -0.25) is 20.4 Å². The number of halogens is 1. The number of carbonyl (C=O) groups excluding carboxylic acids is 2. The summed E-state index contributed by atoms with van der Waals surface area (Å²) in [7, 11) is 0. The van der Waals surface area contributed by atoms with Gasteiger partial charge in [-0.1, -0.05) is 0 Å². The molecule has 0 heterocycles. The number of hydrogen-bond acceptors (Lipinski definition) is 5. The van der Waals surface area contributed by atoms with E-state index < -0.39 is 23.7 Å². The minimum Gasteiger partial charge on any atom is -0.484 e. The second-order valence-electron chi connectivity index (χ2n) is 5.18. The SMILES string of the molecule is CC(Oc1ccc(F)cc1)C(=O)NNC(=O)COc1ccc(C#N)cc1. The zero-order valence-corrected chi connectivity index (χ0v) is 13.9. The van der Waals surface area contributed by atoms with E-state index in [0.717, 1.165) is 0 Å². The Hall–Kier alpha value is -3.60. The first kappa shape index (κ1) is 18.7. The van der Waals surface area contributed by atoms with Crippen LogP contribution < -0.4 is 20.3 Å². The fourth-order valence-electron chi connectivity index (χ4n) is 1.81. The summed E-state index contributed by atoms with van der Waals surface area (Å²) < 4.78 is 23.4. The molecule has 134 valence electrons. The quantitative estimate of drug-likeness (QED) is 0.767. The van der Waals surface area contributed by atoms with E-state index in [2.05, 4.69) is 10.9 Å². The van der Waals surface area contributed by atoms with E-state index in [1.807, 2.05) is 6.07 Å². The summed E-state index contributed by atoms with van der Waals surface area (Å²) in [6.07, 6.45) is -0.903. The summed E-state index contributed by atoms with van der Waals surface area (Å²) in [4.78, 5) is 23.5. The maximum absolute atomic E-state index is 12.8. The molecule has 0 spiro atoms. The van der Waals surface area contributed by atoms with Gasteiger partial charge in [0.1, 0.15) is 17.3 Å². The molecule has 2 amide bonds. The maximum atomic E-state index is 12.8. The van der Waals surface area contributed by atoms with Crippen LogP contribution in [0.5, 0.6) is 11.5 Å². The number of benzene rings is 2. The molecule has 8 heteroatoms. The lowest BCUT2D eigenvalue weighted by Gasteiger charge is -2.15. The molecule has 26 heavy (non-hydrogen) atoms. The highest BCUT2D eigenvalue weighted by Gasteiger charge is 2.15. The summed E-state index contributed by atoms with van der Waals surface area (Å²) in [6, 6.07) is 13.4. The lowest BCUT2D eigenvalue weighted by Crippen LogP contribution is -2.48. The highest BCUT2D eigenvalue weighted by atomic mass is 19.1. The molecule has 1 unspecified atom stereocenters. The molecule has 0 saturated carbocycles. The number of carbonyl (C=O) groups is 2. The molecule has 7 nitrogen and oxygen atoms in total. The molecule has 0 radical (unpaired) electrons. The van der Waals surface area contributed by atoms with E-state index in [0.29, 0.717) is 17.1 Å². The molecule has 2 aromatic rings. The van der Waals surface area contributed by atoms with Crippen LogP contribution in [0.4, 0.5) is 4.39 Å². The summed E-state index contributed by atoms with van der Waals surface area (Å²) >= 11 is 0. The predicted molar refractivity (Wildman–Crippen MR) is 89.4 cm³/mol. The van der Waals surface area contributed by atoms with Crippen LogP contribution in [-0.2, 0) is 9.59 Å². The van der Waals surface area contributed by atoms with Gasteiger partial charge in [-0.2, -0.15) is 5.26 Å². The van der Waals surface area contributed by atoms with Crippen molar-refractivity contribution in [2.75, 3.05) is 6.61 Å². The van der Waals surface area contributed by atoms with Gasteiger partial charge >= 0.3 is 0 Å². The Labute approximate surface area is 149 Å². The summed E-state index contributed by atoms with van der Waals surface area (Å²) in [5.41, 5.74) is 4.88. The molecule has 2 rings (SSSR count). The number of nitrogens with zero attached hydrogens (tertiary/aromatic N) is 1. The van der Waals surface area contributed by atoms with Gasteiger partial charge in [-0.25, -0.2) is 4.39 Å². The lowest BCUT2D eigenvalue weighted by atomic mass is 10.2. The number of rotatable bonds is 6. The largest absolute Gasteiger partial charge is 0.484 e. The molecule has 1 atom stereocenters. The van der Waals surface area contributed by atoms with Gasteiger partial charge in [0.25, 0.3) is 11.8 Å². The summed E-state index contributed by atoms with van der Waals surface area (Å²) in [5, 5.41) is 8.70. The van der Waals surface area contributed by atoms with Crippen LogP contribution in [0.25, 0.3) is 0 Å².